The smallest absolute Gasteiger partial charge is 0.350 e. The molecule has 0 radical (unpaired) electrons. The first-order valence-electron chi connectivity index (χ1n) is 9.18. The van der Waals surface area contributed by atoms with Gasteiger partial charge >= 0.3 is 6.18 Å². The number of hydrogen-bond donors (Lipinski definition) is 2. The van der Waals surface area contributed by atoms with Gasteiger partial charge in [-0.25, -0.2) is 4.68 Å². The molecule has 6 nitrogen and oxygen atoms in total. The molecule has 1 aromatic heterocycles. The van der Waals surface area contributed by atoms with E-state index in [-0.39, 0.29) is 5.56 Å². The summed E-state index contributed by atoms with van der Waals surface area (Å²) in [6, 6.07) is 5.91. The fraction of sp³-hybridized carbons (Fsp3) is 0.474. The van der Waals surface area contributed by atoms with Gasteiger partial charge in [-0.1, -0.05) is 12.1 Å². The SMILES string of the molecule is Cc1cccc(-n2ncc(C(=O)NCC(N3CCNCC3)C(F)(F)F)c2C)c1. The number of amides is 1. The number of aromatic nitrogens is 2. The third kappa shape index (κ3) is 4.53. The Morgan fingerprint density at radius 2 is 2.00 bits per heavy atom. The highest BCUT2D eigenvalue weighted by Gasteiger charge is 2.43. The Balaban J connectivity index is 1.72. The van der Waals surface area contributed by atoms with Crippen molar-refractivity contribution in [2.24, 2.45) is 0 Å². The second-order valence-electron chi connectivity index (χ2n) is 6.95. The topological polar surface area (TPSA) is 62.2 Å². The fourth-order valence-electron chi connectivity index (χ4n) is 3.38. The number of nitrogens with zero attached hydrogens (tertiary/aromatic N) is 3. The van der Waals surface area contributed by atoms with E-state index in [1.54, 1.807) is 11.6 Å². The second-order valence-corrected chi connectivity index (χ2v) is 6.95. The van der Waals surface area contributed by atoms with Crippen molar-refractivity contribution < 1.29 is 18.0 Å². The van der Waals surface area contributed by atoms with Gasteiger partial charge in [0, 0.05) is 32.7 Å². The summed E-state index contributed by atoms with van der Waals surface area (Å²) < 4.78 is 42.0. The number of halogens is 3. The van der Waals surface area contributed by atoms with Gasteiger partial charge in [0.1, 0.15) is 6.04 Å². The van der Waals surface area contributed by atoms with Gasteiger partial charge in [0.05, 0.1) is 23.1 Å². The number of carbonyl (C=O) groups excluding carboxylic acids is 1. The van der Waals surface area contributed by atoms with Crippen molar-refractivity contribution in [1.82, 2.24) is 25.3 Å². The van der Waals surface area contributed by atoms with Gasteiger partial charge in [-0.2, -0.15) is 18.3 Å². The van der Waals surface area contributed by atoms with E-state index in [0.717, 1.165) is 11.3 Å². The first-order chi connectivity index (χ1) is 13.3. The zero-order valence-electron chi connectivity index (χ0n) is 15.9. The van der Waals surface area contributed by atoms with Gasteiger partial charge in [0.15, 0.2) is 0 Å². The van der Waals surface area contributed by atoms with Gasteiger partial charge in [0.25, 0.3) is 5.91 Å². The number of nitrogens with one attached hydrogen (secondary N) is 2. The van der Waals surface area contributed by atoms with Crippen molar-refractivity contribution >= 4 is 5.91 Å². The van der Waals surface area contributed by atoms with Crippen molar-refractivity contribution in [3.05, 3.63) is 47.3 Å². The standard InChI is InChI=1S/C19H24F3N5O/c1-13-4-3-5-15(10-13)27-14(2)16(11-25-27)18(28)24-12-17(19(20,21)22)26-8-6-23-7-9-26/h3-5,10-11,17,23H,6-9,12H2,1-2H3,(H,24,28). The lowest BCUT2D eigenvalue weighted by Gasteiger charge is -2.35. The van der Waals surface area contributed by atoms with E-state index >= 15 is 0 Å². The maximum Gasteiger partial charge on any atom is 0.405 e. The molecule has 1 atom stereocenters. The molecule has 0 bridgehead atoms. The molecule has 0 spiro atoms. The van der Waals surface area contributed by atoms with Crippen LogP contribution in [0.5, 0.6) is 0 Å². The summed E-state index contributed by atoms with van der Waals surface area (Å²) in [5.74, 6) is -0.555. The Morgan fingerprint density at radius 3 is 2.64 bits per heavy atom. The van der Waals surface area contributed by atoms with Crippen LogP contribution in [0.3, 0.4) is 0 Å². The van der Waals surface area contributed by atoms with Crippen LogP contribution in [0, 0.1) is 13.8 Å². The van der Waals surface area contributed by atoms with E-state index in [1.165, 1.54) is 11.1 Å². The average molecular weight is 395 g/mol. The molecule has 1 fully saturated rings. The largest absolute Gasteiger partial charge is 0.405 e. The molecule has 0 saturated carbocycles. The Bertz CT molecular complexity index is 827. The summed E-state index contributed by atoms with van der Waals surface area (Å²) in [7, 11) is 0. The molecule has 2 N–H and O–H groups in total. The first kappa shape index (κ1) is 20.3. The minimum Gasteiger partial charge on any atom is -0.350 e. The second kappa shape index (κ2) is 8.32. The Morgan fingerprint density at radius 1 is 1.29 bits per heavy atom. The van der Waals surface area contributed by atoms with Crippen molar-refractivity contribution in [2.75, 3.05) is 32.7 Å². The van der Waals surface area contributed by atoms with Crippen LogP contribution in [0.15, 0.2) is 30.5 Å². The van der Waals surface area contributed by atoms with Crippen LogP contribution in [-0.4, -0.2) is 65.5 Å². The van der Waals surface area contributed by atoms with E-state index in [9.17, 15) is 18.0 Å². The van der Waals surface area contributed by atoms with Gasteiger partial charge in [-0.15, -0.1) is 0 Å². The van der Waals surface area contributed by atoms with Crippen LogP contribution in [0.25, 0.3) is 5.69 Å². The Labute approximate surface area is 161 Å². The number of rotatable bonds is 5. The summed E-state index contributed by atoms with van der Waals surface area (Å²) >= 11 is 0. The molecule has 1 amide bonds. The lowest BCUT2D eigenvalue weighted by atomic mass is 10.2. The minimum absolute atomic E-state index is 0.266. The average Bonchev–Trinajstić information content (AvgIpc) is 3.03. The van der Waals surface area contributed by atoms with Crippen molar-refractivity contribution in [2.45, 2.75) is 26.1 Å². The highest BCUT2D eigenvalue weighted by atomic mass is 19.4. The van der Waals surface area contributed by atoms with Gasteiger partial charge < -0.3 is 10.6 Å². The number of alkyl halides is 3. The van der Waals surface area contributed by atoms with E-state index in [4.69, 9.17) is 0 Å². The number of hydrogen-bond acceptors (Lipinski definition) is 4. The van der Waals surface area contributed by atoms with E-state index < -0.39 is 24.7 Å². The van der Waals surface area contributed by atoms with Crippen LogP contribution >= 0.6 is 0 Å². The molecular formula is C19H24F3N5O. The molecule has 0 aliphatic carbocycles. The number of aryl methyl sites for hydroxylation is 1. The quantitative estimate of drug-likeness (QED) is 0.814. The molecule has 1 aromatic carbocycles. The summed E-state index contributed by atoms with van der Waals surface area (Å²) in [5, 5.41) is 9.71. The molecule has 152 valence electrons. The minimum atomic E-state index is -4.41. The molecule has 28 heavy (non-hydrogen) atoms. The maximum atomic E-state index is 13.5. The van der Waals surface area contributed by atoms with Gasteiger partial charge in [-0.3, -0.25) is 9.69 Å². The predicted octanol–water partition coefficient (Wildman–Crippen LogP) is 2.06. The third-order valence-electron chi connectivity index (χ3n) is 4.93. The van der Waals surface area contributed by atoms with Crippen molar-refractivity contribution in [3.8, 4) is 5.69 Å². The summed E-state index contributed by atoms with van der Waals surface area (Å²) in [6.45, 7) is 4.78. The molecular weight excluding hydrogens is 371 g/mol. The summed E-state index contributed by atoms with van der Waals surface area (Å²) in [4.78, 5) is 13.9. The highest BCUT2D eigenvalue weighted by Crippen LogP contribution is 2.25. The first-order valence-corrected chi connectivity index (χ1v) is 9.18. The Kier molecular flexibility index (Phi) is 6.04. The predicted molar refractivity (Wildman–Crippen MR) is 99.7 cm³/mol. The lowest BCUT2D eigenvalue weighted by molar-refractivity contribution is -0.183. The normalized spacial score (nSPS) is 16.8. The number of benzene rings is 1. The van der Waals surface area contributed by atoms with Gasteiger partial charge in [0.2, 0.25) is 0 Å². The van der Waals surface area contributed by atoms with E-state index in [0.29, 0.717) is 31.9 Å². The van der Waals surface area contributed by atoms with Crippen molar-refractivity contribution in [3.63, 3.8) is 0 Å². The molecule has 1 aliphatic rings. The van der Waals surface area contributed by atoms with Crippen molar-refractivity contribution in [1.29, 1.82) is 0 Å². The monoisotopic (exact) mass is 395 g/mol. The Hall–Kier alpha value is -2.39. The molecule has 9 heteroatoms. The summed E-state index contributed by atoms with van der Waals surface area (Å²) in [6.07, 6.45) is -3.02. The van der Waals surface area contributed by atoms with Crippen LogP contribution in [0.2, 0.25) is 0 Å². The van der Waals surface area contributed by atoms with E-state index in [1.807, 2.05) is 31.2 Å². The molecule has 1 unspecified atom stereocenters. The van der Waals surface area contributed by atoms with Crippen LogP contribution in [0.4, 0.5) is 13.2 Å². The zero-order valence-corrected chi connectivity index (χ0v) is 15.9. The number of piperazine rings is 1. The molecule has 2 heterocycles. The number of carbonyl (C=O) groups is 1. The van der Waals surface area contributed by atoms with Crippen LogP contribution in [0.1, 0.15) is 21.6 Å². The van der Waals surface area contributed by atoms with E-state index in [2.05, 4.69) is 15.7 Å². The molecule has 2 aromatic rings. The van der Waals surface area contributed by atoms with Gasteiger partial charge in [-0.05, 0) is 31.5 Å². The molecule has 1 saturated heterocycles. The summed E-state index contributed by atoms with van der Waals surface area (Å²) in [5.41, 5.74) is 2.68. The molecule has 1 aliphatic heterocycles. The highest BCUT2D eigenvalue weighted by molar-refractivity contribution is 5.95. The third-order valence-corrected chi connectivity index (χ3v) is 4.93. The fourth-order valence-corrected chi connectivity index (χ4v) is 3.38. The maximum absolute atomic E-state index is 13.5. The molecule has 3 rings (SSSR count). The lowest BCUT2D eigenvalue weighted by Crippen LogP contribution is -2.57. The van der Waals surface area contributed by atoms with Crippen LogP contribution < -0.4 is 10.6 Å². The zero-order chi connectivity index (χ0) is 20.3. The van der Waals surface area contributed by atoms with Crippen LogP contribution in [-0.2, 0) is 0 Å².